The summed E-state index contributed by atoms with van der Waals surface area (Å²) in [4.78, 5) is 23.2. The predicted molar refractivity (Wildman–Crippen MR) is 65.7 cm³/mol. The molecule has 2 atom stereocenters. The van der Waals surface area contributed by atoms with Crippen LogP contribution in [0.1, 0.15) is 12.0 Å². The molecule has 0 radical (unpaired) electrons. The number of rotatable bonds is 1. The van der Waals surface area contributed by atoms with Crippen molar-refractivity contribution in [2.45, 2.75) is 24.6 Å². The van der Waals surface area contributed by atoms with Crippen molar-refractivity contribution >= 4 is 11.9 Å². The van der Waals surface area contributed by atoms with E-state index < -0.39 is 17.6 Å². The number of ether oxygens (including phenoxy) is 1. The van der Waals surface area contributed by atoms with Gasteiger partial charge in [-0.05, 0) is 6.07 Å². The van der Waals surface area contributed by atoms with E-state index in [9.17, 15) is 9.59 Å². The molecule has 0 aliphatic carbocycles. The Hall–Kier alpha value is -2.08. The number of hydrogen-bond donors (Lipinski definition) is 3. The molecule has 1 saturated heterocycles. The molecule has 0 aromatic heterocycles. The quantitative estimate of drug-likeness (QED) is 0.657. The SMILES string of the molecule is O=C(O)[C@@H]1C[C@]2(CN1)Oc1ccccc1CNC2=O. The lowest BCUT2D eigenvalue weighted by molar-refractivity contribution is -0.140. The summed E-state index contributed by atoms with van der Waals surface area (Å²) in [5, 5.41) is 14.6. The molecule has 6 heteroatoms. The first-order chi connectivity index (χ1) is 9.11. The Morgan fingerprint density at radius 1 is 1.42 bits per heavy atom. The third-order valence-electron chi connectivity index (χ3n) is 3.60. The van der Waals surface area contributed by atoms with Crippen molar-refractivity contribution in [2.24, 2.45) is 0 Å². The molecule has 0 unspecified atom stereocenters. The molecule has 3 rings (SSSR count). The molecule has 1 amide bonds. The molecular formula is C13H14N2O4. The number of para-hydroxylation sites is 1. The lowest BCUT2D eigenvalue weighted by Gasteiger charge is -2.26. The Morgan fingerprint density at radius 2 is 2.21 bits per heavy atom. The van der Waals surface area contributed by atoms with Crippen molar-refractivity contribution in [1.29, 1.82) is 0 Å². The summed E-state index contributed by atoms with van der Waals surface area (Å²) in [7, 11) is 0. The third kappa shape index (κ3) is 1.94. The highest BCUT2D eigenvalue weighted by atomic mass is 16.5. The van der Waals surface area contributed by atoms with Gasteiger partial charge in [0.1, 0.15) is 11.8 Å². The first kappa shape index (κ1) is 12.0. The molecule has 1 fully saturated rings. The van der Waals surface area contributed by atoms with Gasteiger partial charge in [-0.3, -0.25) is 14.9 Å². The normalized spacial score (nSPS) is 29.3. The van der Waals surface area contributed by atoms with E-state index in [1.54, 1.807) is 6.07 Å². The fourth-order valence-corrected chi connectivity index (χ4v) is 2.53. The number of nitrogens with one attached hydrogen (secondary N) is 2. The van der Waals surface area contributed by atoms with Gasteiger partial charge in [-0.1, -0.05) is 18.2 Å². The van der Waals surface area contributed by atoms with Gasteiger partial charge in [0.2, 0.25) is 5.60 Å². The van der Waals surface area contributed by atoms with Gasteiger partial charge in [-0.25, -0.2) is 0 Å². The van der Waals surface area contributed by atoms with Crippen molar-refractivity contribution < 1.29 is 19.4 Å². The van der Waals surface area contributed by atoms with Crippen LogP contribution in [0.2, 0.25) is 0 Å². The number of carbonyl (C=O) groups is 2. The Balaban J connectivity index is 1.94. The van der Waals surface area contributed by atoms with Crippen LogP contribution in [-0.4, -0.2) is 35.2 Å². The van der Waals surface area contributed by atoms with Gasteiger partial charge in [-0.15, -0.1) is 0 Å². The second-order valence-electron chi connectivity index (χ2n) is 4.86. The minimum Gasteiger partial charge on any atom is -0.480 e. The van der Waals surface area contributed by atoms with Gasteiger partial charge in [0.25, 0.3) is 5.91 Å². The largest absolute Gasteiger partial charge is 0.480 e. The summed E-state index contributed by atoms with van der Waals surface area (Å²) in [5.41, 5.74) is -0.234. The van der Waals surface area contributed by atoms with Crippen LogP contribution in [0, 0.1) is 0 Å². The Morgan fingerprint density at radius 3 is 2.95 bits per heavy atom. The van der Waals surface area contributed by atoms with E-state index >= 15 is 0 Å². The van der Waals surface area contributed by atoms with Crippen LogP contribution in [-0.2, 0) is 16.1 Å². The molecule has 6 nitrogen and oxygen atoms in total. The van der Waals surface area contributed by atoms with Crippen LogP contribution < -0.4 is 15.4 Å². The molecular weight excluding hydrogens is 248 g/mol. The van der Waals surface area contributed by atoms with Gasteiger partial charge in [-0.2, -0.15) is 0 Å². The van der Waals surface area contributed by atoms with E-state index in [1.807, 2.05) is 18.2 Å². The molecule has 1 aromatic rings. The topological polar surface area (TPSA) is 87.7 Å². The highest BCUT2D eigenvalue weighted by Crippen LogP contribution is 2.32. The zero-order valence-corrected chi connectivity index (χ0v) is 10.2. The molecule has 100 valence electrons. The fraction of sp³-hybridized carbons (Fsp3) is 0.385. The van der Waals surface area contributed by atoms with Crippen molar-refractivity contribution in [3.8, 4) is 5.75 Å². The summed E-state index contributed by atoms with van der Waals surface area (Å²) >= 11 is 0. The second-order valence-corrected chi connectivity index (χ2v) is 4.86. The van der Waals surface area contributed by atoms with Gasteiger partial charge in [0.15, 0.2) is 0 Å². The summed E-state index contributed by atoms with van der Waals surface area (Å²) in [6, 6.07) is 6.63. The summed E-state index contributed by atoms with van der Waals surface area (Å²) in [6.45, 7) is 0.596. The highest BCUT2D eigenvalue weighted by molar-refractivity contribution is 5.89. The Kier molecular flexibility index (Phi) is 2.67. The number of carboxylic acid groups (broad SMARTS) is 1. The van der Waals surface area contributed by atoms with E-state index in [4.69, 9.17) is 9.84 Å². The van der Waals surface area contributed by atoms with E-state index in [-0.39, 0.29) is 18.9 Å². The number of carboxylic acids is 1. The average Bonchev–Trinajstić information content (AvgIpc) is 2.77. The van der Waals surface area contributed by atoms with Crippen LogP contribution in [0.25, 0.3) is 0 Å². The van der Waals surface area contributed by atoms with E-state index in [1.165, 1.54) is 0 Å². The van der Waals surface area contributed by atoms with Gasteiger partial charge in [0.05, 0.1) is 0 Å². The number of carbonyl (C=O) groups excluding carboxylic acids is 1. The molecule has 2 heterocycles. The Labute approximate surface area is 109 Å². The van der Waals surface area contributed by atoms with Crippen LogP contribution >= 0.6 is 0 Å². The van der Waals surface area contributed by atoms with Crippen molar-refractivity contribution in [3.63, 3.8) is 0 Å². The van der Waals surface area contributed by atoms with Gasteiger partial charge in [0, 0.05) is 25.1 Å². The van der Waals surface area contributed by atoms with Gasteiger partial charge < -0.3 is 15.2 Å². The maximum absolute atomic E-state index is 12.2. The zero-order valence-electron chi connectivity index (χ0n) is 10.2. The first-order valence-corrected chi connectivity index (χ1v) is 6.12. The minimum absolute atomic E-state index is 0.127. The number of aliphatic carboxylic acids is 1. The van der Waals surface area contributed by atoms with Crippen molar-refractivity contribution in [2.75, 3.05) is 6.54 Å². The van der Waals surface area contributed by atoms with E-state index in [0.717, 1.165) is 5.56 Å². The minimum atomic E-state index is -1.13. The number of fused-ring (bicyclic) bond motifs is 1. The maximum atomic E-state index is 12.2. The van der Waals surface area contributed by atoms with Crippen LogP contribution in [0.15, 0.2) is 24.3 Å². The standard InChI is InChI=1S/C13H14N2O4/c16-11(17)9-5-13(7-15-9)12(18)14-6-8-3-1-2-4-10(8)19-13/h1-4,9,15H,5-7H2,(H,14,18)(H,16,17)/t9-,13+/m0/s1. The molecule has 1 aromatic carbocycles. The zero-order chi connectivity index (χ0) is 13.5. The smallest absolute Gasteiger partial charge is 0.320 e. The Bertz CT molecular complexity index is 545. The van der Waals surface area contributed by atoms with Gasteiger partial charge >= 0.3 is 5.97 Å². The lowest BCUT2D eigenvalue weighted by atomic mass is 9.99. The molecule has 19 heavy (non-hydrogen) atoms. The number of benzene rings is 1. The molecule has 1 spiro atoms. The monoisotopic (exact) mass is 262 g/mol. The van der Waals surface area contributed by atoms with Crippen molar-refractivity contribution in [3.05, 3.63) is 29.8 Å². The van der Waals surface area contributed by atoms with Crippen LogP contribution in [0.5, 0.6) is 5.75 Å². The maximum Gasteiger partial charge on any atom is 0.320 e. The first-order valence-electron chi connectivity index (χ1n) is 6.12. The molecule has 0 saturated carbocycles. The summed E-state index contributed by atoms with van der Waals surface area (Å²) in [5.74, 6) is -0.598. The van der Waals surface area contributed by atoms with Crippen LogP contribution in [0.3, 0.4) is 0 Å². The molecule has 3 N–H and O–H groups in total. The molecule has 2 aliphatic heterocycles. The van der Waals surface area contributed by atoms with Crippen molar-refractivity contribution in [1.82, 2.24) is 10.6 Å². The third-order valence-corrected chi connectivity index (χ3v) is 3.60. The summed E-state index contributed by atoms with van der Waals surface area (Å²) in [6.07, 6.45) is 0.127. The second kappa shape index (κ2) is 4.24. The highest BCUT2D eigenvalue weighted by Gasteiger charge is 2.50. The molecule has 2 aliphatic rings. The average molecular weight is 262 g/mol. The number of amides is 1. The molecule has 0 bridgehead atoms. The van der Waals surface area contributed by atoms with E-state index in [0.29, 0.717) is 12.3 Å². The number of hydrogen-bond acceptors (Lipinski definition) is 4. The van der Waals surface area contributed by atoms with E-state index in [2.05, 4.69) is 10.6 Å². The lowest BCUT2D eigenvalue weighted by Crippen LogP contribution is -2.51. The predicted octanol–water partition coefficient (Wildman–Crippen LogP) is -0.120. The summed E-state index contributed by atoms with van der Waals surface area (Å²) < 4.78 is 5.86. The van der Waals surface area contributed by atoms with Crippen LogP contribution in [0.4, 0.5) is 0 Å². The fourth-order valence-electron chi connectivity index (χ4n) is 2.53.